The number of benzene rings is 2. The molecule has 0 saturated heterocycles. The van der Waals surface area contributed by atoms with Crippen LogP contribution in [0.5, 0.6) is 0 Å². The minimum atomic E-state index is -0.933. The Kier molecular flexibility index (Phi) is 4.64. The van der Waals surface area contributed by atoms with Crippen LogP contribution >= 0.6 is 23.4 Å². The van der Waals surface area contributed by atoms with Gasteiger partial charge in [-0.2, -0.15) is 0 Å². The third-order valence-corrected chi connectivity index (χ3v) is 5.73. The van der Waals surface area contributed by atoms with Gasteiger partial charge in [-0.05, 0) is 49.4 Å². The first-order chi connectivity index (χ1) is 13.0. The van der Waals surface area contributed by atoms with Crippen LogP contribution < -0.4 is 0 Å². The molecular formula is C21H15ClN2O2S. The van der Waals surface area contributed by atoms with Crippen LogP contribution in [0.4, 0.5) is 0 Å². The zero-order valence-electron chi connectivity index (χ0n) is 14.4. The summed E-state index contributed by atoms with van der Waals surface area (Å²) in [6.45, 7) is 2.03. The second-order valence-corrected chi connectivity index (χ2v) is 7.55. The topological polar surface area (TPSA) is 55.1 Å². The molecule has 0 unspecified atom stereocenters. The molecule has 4 aromatic rings. The van der Waals surface area contributed by atoms with Crippen LogP contribution in [0.3, 0.4) is 0 Å². The van der Waals surface area contributed by atoms with Gasteiger partial charge in [-0.3, -0.25) is 4.57 Å². The molecule has 1 N–H and O–H groups in total. The summed E-state index contributed by atoms with van der Waals surface area (Å²) in [5, 5.41) is 11.0. The first-order valence-electron chi connectivity index (χ1n) is 8.28. The first-order valence-corrected chi connectivity index (χ1v) is 9.47. The van der Waals surface area contributed by atoms with E-state index in [9.17, 15) is 9.90 Å². The van der Waals surface area contributed by atoms with E-state index in [1.165, 1.54) is 0 Å². The maximum absolute atomic E-state index is 11.3. The summed E-state index contributed by atoms with van der Waals surface area (Å²) in [7, 11) is 0. The van der Waals surface area contributed by atoms with E-state index in [4.69, 9.17) is 11.6 Å². The molecule has 27 heavy (non-hydrogen) atoms. The SMILES string of the molecule is Cc1c(Sc2cccc(C(=O)O)c2)c2ccc(Cl)cc2n1-c1ccccn1. The molecule has 2 heterocycles. The van der Waals surface area contributed by atoms with Crippen molar-refractivity contribution < 1.29 is 9.90 Å². The molecule has 0 aliphatic heterocycles. The van der Waals surface area contributed by atoms with Gasteiger partial charge in [0, 0.05) is 32.1 Å². The molecule has 0 saturated carbocycles. The van der Waals surface area contributed by atoms with Crippen LogP contribution in [-0.2, 0) is 0 Å². The molecule has 0 aliphatic carbocycles. The Labute approximate surface area is 165 Å². The van der Waals surface area contributed by atoms with Gasteiger partial charge in [0.25, 0.3) is 0 Å². The highest BCUT2D eigenvalue weighted by atomic mass is 35.5. The summed E-state index contributed by atoms with van der Waals surface area (Å²) >= 11 is 7.79. The summed E-state index contributed by atoms with van der Waals surface area (Å²) in [6, 6.07) is 18.5. The van der Waals surface area contributed by atoms with Crippen molar-refractivity contribution in [3.05, 3.63) is 83.1 Å². The molecule has 0 spiro atoms. The highest BCUT2D eigenvalue weighted by Crippen LogP contribution is 2.40. The van der Waals surface area contributed by atoms with Gasteiger partial charge in [-0.25, -0.2) is 9.78 Å². The number of carboxylic acids is 1. The van der Waals surface area contributed by atoms with Crippen molar-refractivity contribution in [2.24, 2.45) is 0 Å². The Morgan fingerprint density at radius 2 is 1.96 bits per heavy atom. The van der Waals surface area contributed by atoms with E-state index in [1.807, 2.05) is 49.4 Å². The van der Waals surface area contributed by atoms with Gasteiger partial charge in [-0.1, -0.05) is 41.6 Å². The fraction of sp³-hybridized carbons (Fsp3) is 0.0476. The van der Waals surface area contributed by atoms with Crippen LogP contribution in [0.25, 0.3) is 16.7 Å². The lowest BCUT2D eigenvalue weighted by Gasteiger charge is -2.08. The number of hydrogen-bond acceptors (Lipinski definition) is 3. The van der Waals surface area contributed by atoms with E-state index in [-0.39, 0.29) is 5.56 Å². The number of pyridine rings is 1. The third-order valence-electron chi connectivity index (χ3n) is 4.29. The largest absolute Gasteiger partial charge is 0.478 e. The second-order valence-electron chi connectivity index (χ2n) is 6.03. The number of nitrogens with zero attached hydrogens (tertiary/aromatic N) is 2. The number of aromatic carboxylic acids is 1. The summed E-state index contributed by atoms with van der Waals surface area (Å²) in [4.78, 5) is 17.7. The van der Waals surface area contributed by atoms with Crippen LogP contribution in [0, 0.1) is 6.92 Å². The molecule has 0 atom stereocenters. The number of halogens is 1. The van der Waals surface area contributed by atoms with E-state index < -0.39 is 5.97 Å². The highest BCUT2D eigenvalue weighted by molar-refractivity contribution is 7.99. The maximum Gasteiger partial charge on any atom is 0.335 e. The zero-order chi connectivity index (χ0) is 19.0. The van der Waals surface area contributed by atoms with Crippen molar-refractivity contribution >= 4 is 40.2 Å². The van der Waals surface area contributed by atoms with Gasteiger partial charge in [0.2, 0.25) is 0 Å². The van der Waals surface area contributed by atoms with E-state index in [1.54, 1.807) is 36.2 Å². The molecule has 0 fully saturated rings. The van der Waals surface area contributed by atoms with Crippen LogP contribution in [0.2, 0.25) is 5.02 Å². The molecule has 0 radical (unpaired) electrons. The van der Waals surface area contributed by atoms with Gasteiger partial charge >= 0.3 is 5.97 Å². The smallest absolute Gasteiger partial charge is 0.335 e. The van der Waals surface area contributed by atoms with Crippen molar-refractivity contribution in [2.45, 2.75) is 16.7 Å². The number of hydrogen-bond donors (Lipinski definition) is 1. The van der Waals surface area contributed by atoms with Gasteiger partial charge in [-0.15, -0.1) is 0 Å². The number of fused-ring (bicyclic) bond motifs is 1. The highest BCUT2D eigenvalue weighted by Gasteiger charge is 2.18. The minimum absolute atomic E-state index is 0.272. The number of aromatic nitrogens is 2. The average Bonchev–Trinajstić information content (AvgIpc) is 2.93. The number of carboxylic acid groups (broad SMARTS) is 1. The molecular weight excluding hydrogens is 380 g/mol. The molecule has 134 valence electrons. The zero-order valence-corrected chi connectivity index (χ0v) is 16.0. The lowest BCUT2D eigenvalue weighted by atomic mass is 10.2. The van der Waals surface area contributed by atoms with Crippen LogP contribution in [-0.4, -0.2) is 20.6 Å². The van der Waals surface area contributed by atoms with E-state index in [2.05, 4.69) is 9.55 Å². The predicted octanol–water partition coefficient (Wildman–Crippen LogP) is 5.84. The Morgan fingerprint density at radius 3 is 2.70 bits per heavy atom. The van der Waals surface area contributed by atoms with Crippen LogP contribution in [0.15, 0.2) is 76.7 Å². The van der Waals surface area contributed by atoms with Crippen LogP contribution in [0.1, 0.15) is 16.1 Å². The standard InChI is InChI=1S/C21H15ClN2O2S/c1-13-20(27-16-6-4-5-14(11-16)21(25)26)17-9-8-15(22)12-18(17)24(13)19-7-2-3-10-23-19/h2-12H,1H3,(H,25,26). The Balaban J connectivity index is 1.90. The lowest BCUT2D eigenvalue weighted by molar-refractivity contribution is 0.0696. The normalized spacial score (nSPS) is 11.0. The van der Waals surface area contributed by atoms with Crippen molar-refractivity contribution in [1.29, 1.82) is 0 Å². The molecule has 0 aliphatic rings. The van der Waals surface area contributed by atoms with Gasteiger partial charge in [0.05, 0.1) is 11.1 Å². The second kappa shape index (κ2) is 7.10. The Bertz CT molecular complexity index is 1160. The molecule has 6 heteroatoms. The van der Waals surface area contributed by atoms with Crippen molar-refractivity contribution in [2.75, 3.05) is 0 Å². The number of rotatable bonds is 4. The van der Waals surface area contributed by atoms with Crippen molar-refractivity contribution in [1.82, 2.24) is 9.55 Å². The molecule has 2 aromatic heterocycles. The molecule has 0 amide bonds. The predicted molar refractivity (Wildman–Crippen MR) is 108 cm³/mol. The number of carbonyl (C=O) groups is 1. The maximum atomic E-state index is 11.3. The van der Waals surface area contributed by atoms with E-state index in [0.717, 1.165) is 32.2 Å². The molecule has 4 rings (SSSR count). The Hall–Kier alpha value is -2.76. The molecule has 0 bridgehead atoms. The van der Waals surface area contributed by atoms with Crippen molar-refractivity contribution in [3.63, 3.8) is 0 Å². The fourth-order valence-electron chi connectivity index (χ4n) is 3.08. The summed E-state index contributed by atoms with van der Waals surface area (Å²) in [6.07, 6.45) is 1.76. The summed E-state index contributed by atoms with van der Waals surface area (Å²) in [5.74, 6) is -0.120. The fourth-order valence-corrected chi connectivity index (χ4v) is 4.34. The summed E-state index contributed by atoms with van der Waals surface area (Å²) in [5.41, 5.74) is 2.27. The first kappa shape index (κ1) is 17.6. The van der Waals surface area contributed by atoms with E-state index in [0.29, 0.717) is 5.02 Å². The monoisotopic (exact) mass is 394 g/mol. The van der Waals surface area contributed by atoms with Gasteiger partial charge in [0.15, 0.2) is 0 Å². The van der Waals surface area contributed by atoms with Crippen molar-refractivity contribution in [3.8, 4) is 5.82 Å². The van der Waals surface area contributed by atoms with Gasteiger partial charge in [0.1, 0.15) is 5.82 Å². The molecule has 2 aromatic carbocycles. The minimum Gasteiger partial charge on any atom is -0.478 e. The average molecular weight is 395 g/mol. The molecule has 4 nitrogen and oxygen atoms in total. The summed E-state index contributed by atoms with van der Waals surface area (Å²) < 4.78 is 2.07. The van der Waals surface area contributed by atoms with Gasteiger partial charge < -0.3 is 5.11 Å². The van der Waals surface area contributed by atoms with E-state index >= 15 is 0 Å². The lowest BCUT2D eigenvalue weighted by Crippen LogP contribution is -1.99. The quantitative estimate of drug-likeness (QED) is 0.472. The Morgan fingerprint density at radius 1 is 1.11 bits per heavy atom. The third kappa shape index (κ3) is 3.31.